The number of rotatable bonds is 7. The maximum Gasteiger partial charge on any atom is 0.226 e. The second-order valence-corrected chi connectivity index (χ2v) is 8.61. The number of likely N-dealkylation sites (tertiary alicyclic amines) is 1. The first kappa shape index (κ1) is 20.6. The van der Waals surface area contributed by atoms with Crippen molar-refractivity contribution in [2.45, 2.75) is 25.8 Å². The van der Waals surface area contributed by atoms with E-state index >= 15 is 0 Å². The van der Waals surface area contributed by atoms with Crippen molar-refractivity contribution >= 4 is 23.1 Å². The van der Waals surface area contributed by atoms with Crippen LogP contribution < -0.4 is 5.32 Å². The molecule has 1 saturated heterocycles. The monoisotopic (exact) mass is 426 g/mol. The molecule has 8 nitrogen and oxygen atoms in total. The summed E-state index contributed by atoms with van der Waals surface area (Å²) in [6.45, 7) is 4.64. The number of likely N-dealkylation sites (N-methyl/N-ethyl adjacent to an activating group) is 1. The lowest BCUT2D eigenvalue weighted by molar-refractivity contribution is -0.116. The molecule has 158 valence electrons. The number of nitrogens with zero attached hydrogens (tertiary/aromatic N) is 5. The molecule has 30 heavy (non-hydrogen) atoms. The molecule has 4 heterocycles. The van der Waals surface area contributed by atoms with E-state index in [0.29, 0.717) is 35.6 Å². The first-order valence-electron chi connectivity index (χ1n) is 10.0. The number of aromatic nitrogens is 3. The Balaban J connectivity index is 1.46. The van der Waals surface area contributed by atoms with Gasteiger partial charge in [0.2, 0.25) is 5.91 Å². The third-order valence-corrected chi connectivity index (χ3v) is 6.03. The summed E-state index contributed by atoms with van der Waals surface area (Å²) >= 11 is 1.49. The first-order valence-corrected chi connectivity index (χ1v) is 10.9. The highest BCUT2D eigenvalue weighted by Gasteiger charge is 2.24. The van der Waals surface area contributed by atoms with Crippen molar-refractivity contribution in [2.75, 3.05) is 39.0 Å². The van der Waals surface area contributed by atoms with Gasteiger partial charge in [-0.15, -0.1) is 11.3 Å². The van der Waals surface area contributed by atoms with Crippen LogP contribution in [0.5, 0.6) is 0 Å². The molecular weight excluding hydrogens is 400 g/mol. The van der Waals surface area contributed by atoms with Gasteiger partial charge in [-0.1, -0.05) is 0 Å². The van der Waals surface area contributed by atoms with E-state index in [1.165, 1.54) is 11.3 Å². The molecule has 0 saturated carbocycles. The average molecular weight is 427 g/mol. The van der Waals surface area contributed by atoms with E-state index in [4.69, 9.17) is 4.42 Å². The predicted molar refractivity (Wildman–Crippen MR) is 117 cm³/mol. The van der Waals surface area contributed by atoms with Gasteiger partial charge in [-0.25, -0.2) is 15.0 Å². The molecule has 1 aliphatic heterocycles. The average Bonchev–Trinajstić information content (AvgIpc) is 3.47. The zero-order valence-corrected chi connectivity index (χ0v) is 18.3. The Morgan fingerprint density at radius 3 is 2.90 bits per heavy atom. The van der Waals surface area contributed by atoms with E-state index in [1.807, 2.05) is 24.4 Å². The minimum absolute atomic E-state index is 0.0614. The smallest absolute Gasteiger partial charge is 0.226 e. The van der Waals surface area contributed by atoms with Crippen LogP contribution in [-0.4, -0.2) is 70.4 Å². The van der Waals surface area contributed by atoms with Crippen molar-refractivity contribution in [3.05, 3.63) is 35.5 Å². The molecule has 1 fully saturated rings. The fourth-order valence-corrected chi connectivity index (χ4v) is 4.14. The fourth-order valence-electron chi connectivity index (χ4n) is 3.54. The highest BCUT2D eigenvalue weighted by Crippen LogP contribution is 2.26. The quantitative estimate of drug-likeness (QED) is 0.621. The highest BCUT2D eigenvalue weighted by molar-refractivity contribution is 7.13. The maximum absolute atomic E-state index is 12.6. The minimum Gasteiger partial charge on any atom is -0.458 e. The van der Waals surface area contributed by atoms with Gasteiger partial charge in [0.25, 0.3) is 0 Å². The van der Waals surface area contributed by atoms with Crippen molar-refractivity contribution in [1.29, 1.82) is 0 Å². The molecule has 4 rings (SSSR count). The predicted octanol–water partition coefficient (Wildman–Crippen LogP) is 3.13. The molecule has 1 atom stereocenters. The van der Waals surface area contributed by atoms with Gasteiger partial charge in [-0.2, -0.15) is 0 Å². The fraction of sp³-hybridized carbons (Fsp3) is 0.429. The van der Waals surface area contributed by atoms with E-state index in [-0.39, 0.29) is 5.91 Å². The van der Waals surface area contributed by atoms with Crippen molar-refractivity contribution in [3.8, 4) is 22.3 Å². The van der Waals surface area contributed by atoms with Gasteiger partial charge in [0.1, 0.15) is 22.3 Å². The Hall–Kier alpha value is -2.62. The zero-order chi connectivity index (χ0) is 21.1. The Bertz CT molecular complexity index is 1000. The van der Waals surface area contributed by atoms with Crippen LogP contribution in [0.2, 0.25) is 0 Å². The summed E-state index contributed by atoms with van der Waals surface area (Å²) in [6.07, 6.45) is 3.30. The number of thiazole rings is 1. The summed E-state index contributed by atoms with van der Waals surface area (Å²) in [4.78, 5) is 30.6. The van der Waals surface area contributed by atoms with Crippen LogP contribution in [0, 0.1) is 6.92 Å². The number of nitrogens with one attached hydrogen (secondary N) is 1. The van der Waals surface area contributed by atoms with Gasteiger partial charge in [-0.05, 0) is 46.1 Å². The zero-order valence-electron chi connectivity index (χ0n) is 17.5. The molecule has 0 unspecified atom stereocenters. The molecular formula is C21H26N6O2S. The largest absolute Gasteiger partial charge is 0.458 e. The number of aryl methyl sites for hydroxylation is 1. The number of anilines is 1. The number of carbonyl (C=O) groups is 1. The maximum atomic E-state index is 12.6. The van der Waals surface area contributed by atoms with E-state index in [9.17, 15) is 4.79 Å². The molecule has 0 aromatic carbocycles. The second kappa shape index (κ2) is 9.03. The Morgan fingerprint density at radius 1 is 1.37 bits per heavy atom. The summed E-state index contributed by atoms with van der Waals surface area (Å²) in [5, 5.41) is 5.59. The van der Waals surface area contributed by atoms with E-state index < -0.39 is 0 Å². The normalized spacial score (nSPS) is 17.0. The van der Waals surface area contributed by atoms with Crippen LogP contribution in [-0.2, 0) is 4.79 Å². The van der Waals surface area contributed by atoms with Crippen LogP contribution >= 0.6 is 11.3 Å². The lowest BCUT2D eigenvalue weighted by Crippen LogP contribution is -2.32. The minimum atomic E-state index is -0.0614. The van der Waals surface area contributed by atoms with Gasteiger partial charge < -0.3 is 19.5 Å². The van der Waals surface area contributed by atoms with Gasteiger partial charge in [-0.3, -0.25) is 4.79 Å². The van der Waals surface area contributed by atoms with Crippen LogP contribution in [0.15, 0.2) is 34.2 Å². The molecule has 0 bridgehead atoms. The second-order valence-electron chi connectivity index (χ2n) is 7.71. The SMILES string of the molecule is Cc1ccc(-c2nc(NC(=O)CCN3CC[C@H](N(C)C)C3)cc(-c3nccs3)n2)o1. The molecule has 0 spiro atoms. The van der Waals surface area contributed by atoms with Crippen LogP contribution in [0.25, 0.3) is 22.3 Å². The van der Waals surface area contributed by atoms with Crippen LogP contribution in [0.3, 0.4) is 0 Å². The van der Waals surface area contributed by atoms with Gasteiger partial charge in [0, 0.05) is 43.2 Å². The number of amides is 1. The Labute approximate surface area is 180 Å². The van der Waals surface area contributed by atoms with Crippen molar-refractivity contribution < 1.29 is 9.21 Å². The number of hydrogen-bond acceptors (Lipinski definition) is 8. The van der Waals surface area contributed by atoms with Gasteiger partial charge >= 0.3 is 0 Å². The van der Waals surface area contributed by atoms with Crippen molar-refractivity contribution in [3.63, 3.8) is 0 Å². The third-order valence-electron chi connectivity index (χ3n) is 5.24. The molecule has 1 aliphatic rings. The van der Waals surface area contributed by atoms with Crippen LogP contribution in [0.1, 0.15) is 18.6 Å². The standard InChI is InChI=1S/C21H26N6O2S/c1-14-4-5-17(29-14)20-23-16(21-22-8-11-30-21)12-18(25-20)24-19(28)7-10-27-9-6-15(13-27)26(2)3/h4-5,8,11-12,15H,6-7,9-10,13H2,1-3H3,(H,23,24,25,28)/t15-/m0/s1. The van der Waals surface area contributed by atoms with Crippen molar-refractivity contribution in [2.24, 2.45) is 0 Å². The Morgan fingerprint density at radius 2 is 2.23 bits per heavy atom. The molecule has 1 N–H and O–H groups in total. The molecule has 0 radical (unpaired) electrons. The third kappa shape index (κ3) is 4.92. The summed E-state index contributed by atoms with van der Waals surface area (Å²) in [5.74, 6) is 2.17. The number of carbonyl (C=O) groups excluding carboxylic acids is 1. The summed E-state index contributed by atoms with van der Waals surface area (Å²) in [6, 6.07) is 6.02. The first-order chi connectivity index (χ1) is 14.5. The van der Waals surface area contributed by atoms with Gasteiger partial charge in [0.05, 0.1) is 0 Å². The van der Waals surface area contributed by atoms with E-state index in [0.717, 1.165) is 36.8 Å². The number of furan rings is 1. The summed E-state index contributed by atoms with van der Waals surface area (Å²) in [7, 11) is 4.21. The molecule has 0 aliphatic carbocycles. The van der Waals surface area contributed by atoms with E-state index in [1.54, 1.807) is 12.3 Å². The summed E-state index contributed by atoms with van der Waals surface area (Å²) in [5.41, 5.74) is 0.660. The molecule has 3 aromatic rings. The molecule has 1 amide bonds. The van der Waals surface area contributed by atoms with E-state index in [2.05, 4.69) is 44.2 Å². The lowest BCUT2D eigenvalue weighted by atomic mass is 10.2. The topological polar surface area (TPSA) is 87.4 Å². The van der Waals surface area contributed by atoms with Gasteiger partial charge in [0.15, 0.2) is 11.6 Å². The molecule has 3 aromatic heterocycles. The summed E-state index contributed by atoms with van der Waals surface area (Å²) < 4.78 is 5.68. The van der Waals surface area contributed by atoms with Crippen LogP contribution in [0.4, 0.5) is 5.82 Å². The Kier molecular flexibility index (Phi) is 6.21. The number of hydrogen-bond donors (Lipinski definition) is 1. The highest BCUT2D eigenvalue weighted by atomic mass is 32.1. The van der Waals surface area contributed by atoms with Crippen molar-refractivity contribution in [1.82, 2.24) is 24.8 Å². The molecule has 9 heteroatoms. The lowest BCUT2D eigenvalue weighted by Gasteiger charge is -2.20.